The van der Waals surface area contributed by atoms with Crippen molar-refractivity contribution in [3.05, 3.63) is 65.7 Å². The van der Waals surface area contributed by atoms with Gasteiger partial charge in [0.15, 0.2) is 0 Å². The van der Waals surface area contributed by atoms with Crippen molar-refractivity contribution in [2.75, 3.05) is 11.2 Å². The number of hydrogen-bond acceptors (Lipinski definition) is 2. The first kappa shape index (κ1) is 15.4. The van der Waals surface area contributed by atoms with Crippen LogP contribution in [0.2, 0.25) is 0 Å². The molecule has 2 rings (SSSR count). The van der Waals surface area contributed by atoms with Crippen molar-refractivity contribution in [1.82, 2.24) is 0 Å². The molecule has 2 aromatic rings. The molecule has 21 heavy (non-hydrogen) atoms. The molecule has 1 N–H and O–H groups in total. The molecule has 0 aliphatic rings. The predicted octanol–water partition coefficient (Wildman–Crippen LogP) is 4.61. The lowest BCUT2D eigenvalue weighted by molar-refractivity contribution is 0.155. The number of benzene rings is 2. The Labute approximate surface area is 129 Å². The molecule has 0 saturated heterocycles. The van der Waals surface area contributed by atoms with Crippen LogP contribution in [0.4, 0.5) is 10.5 Å². The summed E-state index contributed by atoms with van der Waals surface area (Å²) in [6, 6.07) is 17.3. The van der Waals surface area contributed by atoms with Crippen LogP contribution in [0.25, 0.3) is 0 Å². The Morgan fingerprint density at radius 2 is 1.76 bits per heavy atom. The van der Waals surface area contributed by atoms with Gasteiger partial charge in [-0.3, -0.25) is 5.32 Å². The molecule has 110 valence electrons. The normalized spacial score (nSPS) is 10.1. The highest BCUT2D eigenvalue weighted by atomic mass is 35.5. The van der Waals surface area contributed by atoms with Crippen molar-refractivity contribution in [3.8, 4) is 0 Å². The van der Waals surface area contributed by atoms with Gasteiger partial charge in [-0.2, -0.15) is 0 Å². The molecule has 0 fully saturated rings. The fourth-order valence-corrected chi connectivity index (χ4v) is 2.12. The third-order valence-electron chi connectivity index (χ3n) is 3.05. The molecule has 0 unspecified atom stereocenters. The van der Waals surface area contributed by atoms with Crippen LogP contribution in [-0.2, 0) is 17.8 Å². The molecule has 0 aliphatic carbocycles. The Bertz CT molecular complexity index is 572. The summed E-state index contributed by atoms with van der Waals surface area (Å²) in [6.45, 7) is 0.260. The van der Waals surface area contributed by atoms with E-state index in [9.17, 15) is 4.79 Å². The van der Waals surface area contributed by atoms with Crippen LogP contribution in [0.1, 0.15) is 17.5 Å². The Morgan fingerprint density at radius 3 is 2.52 bits per heavy atom. The van der Waals surface area contributed by atoms with E-state index in [-0.39, 0.29) is 6.61 Å². The highest BCUT2D eigenvalue weighted by Crippen LogP contribution is 2.17. The van der Waals surface area contributed by atoms with E-state index < -0.39 is 6.09 Å². The molecule has 1 amide bonds. The van der Waals surface area contributed by atoms with Gasteiger partial charge in [-0.05, 0) is 30.0 Å². The highest BCUT2D eigenvalue weighted by Gasteiger charge is 2.07. The quantitative estimate of drug-likeness (QED) is 0.792. The first-order chi connectivity index (χ1) is 10.3. The molecule has 4 heteroatoms. The number of para-hydroxylation sites is 1. The number of amides is 1. The summed E-state index contributed by atoms with van der Waals surface area (Å²) in [7, 11) is 0. The van der Waals surface area contributed by atoms with Crippen LogP contribution in [0, 0.1) is 0 Å². The van der Waals surface area contributed by atoms with Gasteiger partial charge in [0.25, 0.3) is 0 Å². The topological polar surface area (TPSA) is 38.3 Å². The molecule has 2 aromatic carbocycles. The summed E-state index contributed by atoms with van der Waals surface area (Å²) >= 11 is 5.72. The van der Waals surface area contributed by atoms with Gasteiger partial charge in [-0.15, -0.1) is 11.6 Å². The fraction of sp³-hybridized carbons (Fsp3) is 0.235. The van der Waals surface area contributed by atoms with E-state index in [1.165, 1.54) is 0 Å². The SMILES string of the molecule is O=C(Nc1ccccc1CCCCl)OCc1ccccc1. The Morgan fingerprint density at radius 1 is 1.05 bits per heavy atom. The molecule has 0 spiro atoms. The minimum atomic E-state index is -0.447. The Kier molecular flexibility index (Phi) is 6.10. The second-order valence-electron chi connectivity index (χ2n) is 4.64. The van der Waals surface area contributed by atoms with Crippen molar-refractivity contribution in [1.29, 1.82) is 0 Å². The maximum atomic E-state index is 11.9. The molecule has 0 heterocycles. The maximum absolute atomic E-state index is 11.9. The first-order valence-electron chi connectivity index (χ1n) is 6.91. The number of halogens is 1. The fourth-order valence-electron chi connectivity index (χ4n) is 1.99. The van der Waals surface area contributed by atoms with E-state index in [0.29, 0.717) is 5.88 Å². The van der Waals surface area contributed by atoms with Crippen LogP contribution >= 0.6 is 11.6 Å². The molecule has 0 atom stereocenters. The summed E-state index contributed by atoms with van der Waals surface area (Å²) < 4.78 is 5.22. The van der Waals surface area contributed by atoms with Crippen LogP contribution in [-0.4, -0.2) is 12.0 Å². The number of alkyl halides is 1. The average molecular weight is 304 g/mol. The molecule has 0 aromatic heterocycles. The number of rotatable bonds is 6. The third kappa shape index (κ3) is 5.12. The molecular weight excluding hydrogens is 286 g/mol. The summed E-state index contributed by atoms with van der Waals surface area (Å²) in [4.78, 5) is 11.9. The van der Waals surface area contributed by atoms with Gasteiger partial charge < -0.3 is 4.74 Å². The summed E-state index contributed by atoms with van der Waals surface area (Å²) in [6.07, 6.45) is 1.26. The van der Waals surface area contributed by atoms with E-state index in [4.69, 9.17) is 16.3 Å². The minimum absolute atomic E-state index is 0.260. The van der Waals surface area contributed by atoms with Crippen molar-refractivity contribution in [2.24, 2.45) is 0 Å². The zero-order valence-electron chi connectivity index (χ0n) is 11.7. The van der Waals surface area contributed by atoms with Crippen molar-refractivity contribution in [3.63, 3.8) is 0 Å². The van der Waals surface area contributed by atoms with Gasteiger partial charge in [0.05, 0.1) is 0 Å². The lowest BCUT2D eigenvalue weighted by atomic mass is 10.1. The van der Waals surface area contributed by atoms with E-state index in [1.807, 2.05) is 54.6 Å². The van der Waals surface area contributed by atoms with Gasteiger partial charge in [0, 0.05) is 11.6 Å². The van der Waals surface area contributed by atoms with Gasteiger partial charge in [-0.1, -0.05) is 48.5 Å². The number of carbonyl (C=O) groups excluding carboxylic acids is 1. The number of carbonyl (C=O) groups is 1. The number of aryl methyl sites for hydroxylation is 1. The molecule has 0 aliphatic heterocycles. The third-order valence-corrected chi connectivity index (χ3v) is 3.31. The lowest BCUT2D eigenvalue weighted by Gasteiger charge is -2.11. The molecule has 0 radical (unpaired) electrons. The van der Waals surface area contributed by atoms with E-state index in [2.05, 4.69) is 5.32 Å². The van der Waals surface area contributed by atoms with Crippen molar-refractivity contribution < 1.29 is 9.53 Å². The Balaban J connectivity index is 1.90. The number of anilines is 1. The van der Waals surface area contributed by atoms with Gasteiger partial charge in [-0.25, -0.2) is 4.79 Å². The first-order valence-corrected chi connectivity index (χ1v) is 7.44. The zero-order valence-corrected chi connectivity index (χ0v) is 12.5. The second kappa shape index (κ2) is 8.32. The molecule has 3 nitrogen and oxygen atoms in total. The maximum Gasteiger partial charge on any atom is 0.411 e. The van der Waals surface area contributed by atoms with Crippen molar-refractivity contribution in [2.45, 2.75) is 19.4 Å². The smallest absolute Gasteiger partial charge is 0.411 e. The second-order valence-corrected chi connectivity index (χ2v) is 5.01. The molecule has 0 bridgehead atoms. The van der Waals surface area contributed by atoms with Gasteiger partial charge in [0.1, 0.15) is 6.61 Å². The van der Waals surface area contributed by atoms with Crippen LogP contribution < -0.4 is 5.32 Å². The summed E-state index contributed by atoms with van der Waals surface area (Å²) in [5, 5.41) is 2.79. The van der Waals surface area contributed by atoms with E-state index in [1.54, 1.807) is 0 Å². The minimum Gasteiger partial charge on any atom is -0.444 e. The van der Waals surface area contributed by atoms with E-state index >= 15 is 0 Å². The number of nitrogens with one attached hydrogen (secondary N) is 1. The number of hydrogen-bond donors (Lipinski definition) is 1. The van der Waals surface area contributed by atoms with E-state index in [0.717, 1.165) is 29.7 Å². The monoisotopic (exact) mass is 303 g/mol. The lowest BCUT2D eigenvalue weighted by Crippen LogP contribution is -2.14. The predicted molar refractivity (Wildman–Crippen MR) is 85.7 cm³/mol. The Hall–Kier alpha value is -2.00. The van der Waals surface area contributed by atoms with Gasteiger partial charge >= 0.3 is 6.09 Å². The summed E-state index contributed by atoms with van der Waals surface area (Å²) in [5.74, 6) is 0.604. The molecule has 0 saturated carbocycles. The standard InChI is InChI=1S/C17H18ClNO2/c18-12-6-10-15-9-4-5-11-16(15)19-17(20)21-13-14-7-2-1-3-8-14/h1-5,7-9,11H,6,10,12-13H2,(H,19,20). The van der Waals surface area contributed by atoms with Crippen molar-refractivity contribution >= 4 is 23.4 Å². The zero-order chi connectivity index (χ0) is 14.9. The number of ether oxygens (including phenoxy) is 1. The highest BCUT2D eigenvalue weighted by molar-refractivity contribution is 6.17. The average Bonchev–Trinajstić information content (AvgIpc) is 2.53. The van der Waals surface area contributed by atoms with Gasteiger partial charge in [0.2, 0.25) is 0 Å². The molecular formula is C17H18ClNO2. The van der Waals surface area contributed by atoms with Crippen LogP contribution in [0.5, 0.6) is 0 Å². The van der Waals surface area contributed by atoms with Crippen LogP contribution in [0.3, 0.4) is 0 Å². The largest absolute Gasteiger partial charge is 0.444 e. The van der Waals surface area contributed by atoms with Crippen LogP contribution in [0.15, 0.2) is 54.6 Å². The summed E-state index contributed by atoms with van der Waals surface area (Å²) in [5.41, 5.74) is 2.80.